The maximum Gasteiger partial charge on any atom is 0.161 e. The molecule has 90 valence electrons. The van der Waals surface area contributed by atoms with Crippen molar-refractivity contribution in [2.24, 2.45) is 5.92 Å². The summed E-state index contributed by atoms with van der Waals surface area (Å²) >= 11 is 2.15. The van der Waals surface area contributed by atoms with Gasteiger partial charge in [-0.1, -0.05) is 12.0 Å². The molecule has 0 aromatic heterocycles. The van der Waals surface area contributed by atoms with Crippen molar-refractivity contribution in [3.05, 3.63) is 11.1 Å². The standard InChI is InChI=1S/C14H22OS/c1-9(2)10(3)14(15)11-7-12-5-4-6-13(8-11)16-12/h11-13H,4-8H2,1-3H3. The number of hydrogen-bond acceptors (Lipinski definition) is 2. The van der Waals surface area contributed by atoms with Gasteiger partial charge in [0.05, 0.1) is 0 Å². The minimum absolute atomic E-state index is 0.325. The SMILES string of the molecule is CC(C)=C(C)C(=O)C1CC2CCCC(C1)S2. The monoisotopic (exact) mass is 238 g/mol. The van der Waals surface area contributed by atoms with E-state index in [9.17, 15) is 4.79 Å². The molecule has 2 fully saturated rings. The van der Waals surface area contributed by atoms with Crippen LogP contribution in [0.25, 0.3) is 0 Å². The highest BCUT2D eigenvalue weighted by Crippen LogP contribution is 2.44. The van der Waals surface area contributed by atoms with Crippen molar-refractivity contribution < 1.29 is 4.79 Å². The van der Waals surface area contributed by atoms with Crippen LogP contribution in [0.2, 0.25) is 0 Å². The van der Waals surface area contributed by atoms with Gasteiger partial charge >= 0.3 is 0 Å². The van der Waals surface area contributed by atoms with Crippen LogP contribution in [0.3, 0.4) is 0 Å². The lowest BCUT2D eigenvalue weighted by Crippen LogP contribution is -2.33. The molecule has 2 saturated heterocycles. The van der Waals surface area contributed by atoms with Gasteiger partial charge in [-0.2, -0.15) is 11.8 Å². The zero-order chi connectivity index (χ0) is 11.7. The van der Waals surface area contributed by atoms with Crippen LogP contribution in [-0.2, 0) is 4.79 Å². The minimum atomic E-state index is 0.325. The molecule has 0 aromatic rings. The molecule has 1 nitrogen and oxygen atoms in total. The Labute approximate surface area is 103 Å². The van der Waals surface area contributed by atoms with Gasteiger partial charge in [-0.15, -0.1) is 0 Å². The van der Waals surface area contributed by atoms with Gasteiger partial charge in [-0.05, 0) is 52.0 Å². The third kappa shape index (κ3) is 2.53. The number of Topliss-reactive ketones (excluding diaryl/α,β-unsaturated/α-hetero) is 1. The first kappa shape index (κ1) is 12.2. The van der Waals surface area contributed by atoms with Crippen LogP contribution < -0.4 is 0 Å². The molecule has 0 radical (unpaired) electrons. The quantitative estimate of drug-likeness (QED) is 0.677. The second-order valence-electron chi connectivity index (χ2n) is 5.47. The highest BCUT2D eigenvalue weighted by molar-refractivity contribution is 8.00. The summed E-state index contributed by atoms with van der Waals surface area (Å²) in [5.74, 6) is 0.753. The van der Waals surface area contributed by atoms with Gasteiger partial charge in [0.2, 0.25) is 0 Å². The summed E-state index contributed by atoms with van der Waals surface area (Å²) in [6.45, 7) is 6.09. The van der Waals surface area contributed by atoms with E-state index in [-0.39, 0.29) is 0 Å². The lowest BCUT2D eigenvalue weighted by Gasteiger charge is -2.38. The van der Waals surface area contributed by atoms with Gasteiger partial charge < -0.3 is 0 Å². The molecule has 0 aliphatic carbocycles. The van der Waals surface area contributed by atoms with Crippen LogP contribution in [0.5, 0.6) is 0 Å². The van der Waals surface area contributed by atoms with Crippen LogP contribution in [0.15, 0.2) is 11.1 Å². The molecule has 0 amide bonds. The summed E-state index contributed by atoms with van der Waals surface area (Å²) in [6, 6.07) is 0. The van der Waals surface area contributed by atoms with Crippen molar-refractivity contribution >= 4 is 17.5 Å². The first-order valence-electron chi connectivity index (χ1n) is 6.41. The first-order chi connectivity index (χ1) is 7.58. The third-order valence-corrected chi connectivity index (χ3v) is 5.65. The summed E-state index contributed by atoms with van der Waals surface area (Å²) in [7, 11) is 0. The molecule has 2 heteroatoms. The molecule has 16 heavy (non-hydrogen) atoms. The van der Waals surface area contributed by atoms with Crippen molar-refractivity contribution in [2.75, 3.05) is 0 Å². The van der Waals surface area contributed by atoms with Crippen LogP contribution in [0.1, 0.15) is 52.9 Å². The Kier molecular flexibility index (Phi) is 3.78. The van der Waals surface area contributed by atoms with E-state index >= 15 is 0 Å². The number of hydrogen-bond donors (Lipinski definition) is 0. The lowest BCUT2D eigenvalue weighted by molar-refractivity contribution is -0.119. The second kappa shape index (κ2) is 4.95. The average Bonchev–Trinajstić information content (AvgIpc) is 2.26. The van der Waals surface area contributed by atoms with E-state index < -0.39 is 0 Å². The van der Waals surface area contributed by atoms with Gasteiger partial charge in [0.1, 0.15) is 0 Å². The van der Waals surface area contributed by atoms with E-state index in [1.54, 1.807) is 0 Å². The molecule has 2 aliphatic heterocycles. The summed E-state index contributed by atoms with van der Waals surface area (Å²) in [6.07, 6.45) is 6.30. The van der Waals surface area contributed by atoms with Crippen molar-refractivity contribution in [1.29, 1.82) is 0 Å². The molecule has 0 N–H and O–H groups in total. The topological polar surface area (TPSA) is 17.1 Å². The number of carbonyl (C=O) groups excluding carboxylic acids is 1. The van der Waals surface area contributed by atoms with E-state index in [4.69, 9.17) is 0 Å². The fraction of sp³-hybridized carbons (Fsp3) is 0.786. The number of fused-ring (bicyclic) bond motifs is 2. The van der Waals surface area contributed by atoms with Crippen molar-refractivity contribution in [3.8, 4) is 0 Å². The van der Waals surface area contributed by atoms with Crippen molar-refractivity contribution in [3.63, 3.8) is 0 Å². The minimum Gasteiger partial charge on any atom is -0.294 e. The van der Waals surface area contributed by atoms with E-state index in [0.717, 1.165) is 28.9 Å². The van der Waals surface area contributed by atoms with Crippen molar-refractivity contribution in [2.45, 2.75) is 63.4 Å². The lowest BCUT2D eigenvalue weighted by atomic mass is 9.84. The first-order valence-corrected chi connectivity index (χ1v) is 7.36. The van der Waals surface area contributed by atoms with Crippen LogP contribution in [0.4, 0.5) is 0 Å². The molecule has 2 aliphatic rings. The Morgan fingerprint density at radius 1 is 1.06 bits per heavy atom. The Balaban J connectivity index is 2.06. The highest BCUT2D eigenvalue weighted by atomic mass is 32.2. The smallest absolute Gasteiger partial charge is 0.161 e. The zero-order valence-electron chi connectivity index (χ0n) is 10.6. The van der Waals surface area contributed by atoms with Gasteiger partial charge in [-0.3, -0.25) is 4.79 Å². The molecule has 2 rings (SSSR count). The van der Waals surface area contributed by atoms with E-state index in [2.05, 4.69) is 11.8 Å². The number of ketones is 1. The van der Waals surface area contributed by atoms with Gasteiger partial charge in [0, 0.05) is 16.4 Å². The summed E-state index contributed by atoms with van der Waals surface area (Å²) < 4.78 is 0. The molecule has 0 spiro atoms. The Morgan fingerprint density at radius 3 is 2.12 bits per heavy atom. The predicted octanol–water partition coefficient (Wildman–Crippen LogP) is 3.98. The summed E-state index contributed by atoms with van der Waals surface area (Å²) in [5.41, 5.74) is 2.20. The highest BCUT2D eigenvalue weighted by Gasteiger charge is 2.35. The number of carbonyl (C=O) groups is 1. The number of thioether (sulfide) groups is 1. The van der Waals surface area contributed by atoms with Crippen molar-refractivity contribution in [1.82, 2.24) is 0 Å². The summed E-state index contributed by atoms with van der Waals surface area (Å²) in [5, 5.41) is 1.54. The van der Waals surface area contributed by atoms with Gasteiger partial charge in [0.15, 0.2) is 5.78 Å². The van der Waals surface area contributed by atoms with Gasteiger partial charge in [0.25, 0.3) is 0 Å². The average molecular weight is 238 g/mol. The fourth-order valence-corrected chi connectivity index (χ4v) is 4.66. The molecular weight excluding hydrogens is 216 g/mol. The van der Waals surface area contributed by atoms with Crippen LogP contribution >= 0.6 is 11.8 Å². The Morgan fingerprint density at radius 2 is 1.62 bits per heavy atom. The molecular formula is C14H22OS. The second-order valence-corrected chi connectivity index (χ2v) is 7.07. The van der Waals surface area contributed by atoms with Crippen LogP contribution in [0, 0.1) is 5.92 Å². The normalized spacial score (nSPS) is 33.3. The molecule has 2 heterocycles. The molecule has 2 atom stereocenters. The van der Waals surface area contributed by atoms with Gasteiger partial charge in [-0.25, -0.2) is 0 Å². The Bertz CT molecular complexity index is 303. The summed E-state index contributed by atoms with van der Waals surface area (Å²) in [4.78, 5) is 12.3. The molecule has 0 aromatic carbocycles. The van der Waals surface area contributed by atoms with Crippen LogP contribution in [-0.4, -0.2) is 16.3 Å². The zero-order valence-corrected chi connectivity index (χ0v) is 11.4. The maximum atomic E-state index is 12.3. The van der Waals surface area contributed by atoms with E-state index in [1.807, 2.05) is 20.8 Å². The number of rotatable bonds is 2. The van der Waals surface area contributed by atoms with E-state index in [0.29, 0.717) is 11.7 Å². The molecule has 0 saturated carbocycles. The number of allylic oxidation sites excluding steroid dienone is 2. The maximum absolute atomic E-state index is 12.3. The molecule has 2 bridgehead atoms. The van der Waals surface area contributed by atoms with E-state index in [1.165, 1.54) is 24.8 Å². The fourth-order valence-electron chi connectivity index (χ4n) is 2.83. The predicted molar refractivity (Wildman–Crippen MR) is 70.8 cm³/mol. The Hall–Kier alpha value is -0.240. The molecule has 2 unspecified atom stereocenters. The third-order valence-electron chi connectivity index (χ3n) is 4.02. The largest absolute Gasteiger partial charge is 0.294 e.